The van der Waals surface area contributed by atoms with Crippen LogP contribution in [0.2, 0.25) is 0 Å². The fourth-order valence-electron chi connectivity index (χ4n) is 2.68. The second-order valence-electron chi connectivity index (χ2n) is 5.23. The zero-order chi connectivity index (χ0) is 14.8. The summed E-state index contributed by atoms with van der Waals surface area (Å²) in [5.41, 5.74) is 3.90. The summed E-state index contributed by atoms with van der Waals surface area (Å²) in [7, 11) is 0. The molecule has 0 N–H and O–H groups in total. The first-order valence-corrected chi connectivity index (χ1v) is 7.23. The van der Waals surface area contributed by atoms with Gasteiger partial charge in [-0.05, 0) is 32.0 Å². The lowest BCUT2D eigenvalue weighted by Crippen LogP contribution is -2.10. The van der Waals surface area contributed by atoms with Crippen LogP contribution in [0.4, 0.5) is 0 Å². The van der Waals surface area contributed by atoms with E-state index in [0.717, 1.165) is 34.5 Å². The summed E-state index contributed by atoms with van der Waals surface area (Å²) in [5, 5.41) is 0. The molecule has 0 aliphatic heterocycles. The summed E-state index contributed by atoms with van der Waals surface area (Å²) < 4.78 is 2.11. The monoisotopic (exact) mass is 278 g/mol. The van der Waals surface area contributed by atoms with Gasteiger partial charge in [-0.15, -0.1) is 0 Å². The Balaban J connectivity index is 1.96. The zero-order valence-electron chi connectivity index (χ0n) is 12.3. The normalized spacial score (nSPS) is 11.0. The zero-order valence-corrected chi connectivity index (χ0v) is 12.3. The van der Waals surface area contributed by atoms with Gasteiger partial charge in [0.1, 0.15) is 5.82 Å². The second kappa shape index (κ2) is 5.52. The molecule has 0 saturated carbocycles. The molecule has 0 atom stereocenters. The summed E-state index contributed by atoms with van der Waals surface area (Å²) >= 11 is 0. The molecular formula is C18H18N2O. The molecule has 0 aliphatic carbocycles. The third-order valence-electron chi connectivity index (χ3n) is 3.71. The van der Waals surface area contributed by atoms with Crippen LogP contribution in [-0.4, -0.2) is 15.3 Å². The molecular weight excluding hydrogens is 260 g/mol. The van der Waals surface area contributed by atoms with Crippen molar-refractivity contribution in [1.82, 2.24) is 9.55 Å². The van der Waals surface area contributed by atoms with Crippen LogP contribution in [0.15, 0.2) is 48.5 Å². The molecule has 0 unspecified atom stereocenters. The van der Waals surface area contributed by atoms with Crippen LogP contribution in [-0.2, 0) is 13.0 Å². The Bertz CT molecular complexity index is 802. The summed E-state index contributed by atoms with van der Waals surface area (Å²) in [6.07, 6.45) is 0.339. The van der Waals surface area contributed by atoms with Gasteiger partial charge in [0, 0.05) is 12.1 Å². The third kappa shape index (κ3) is 2.59. The Labute approximate surface area is 124 Å². The number of hydrogen-bond acceptors (Lipinski definition) is 2. The molecule has 0 amide bonds. The van der Waals surface area contributed by atoms with Crippen LogP contribution in [0.25, 0.3) is 11.0 Å². The lowest BCUT2D eigenvalue weighted by atomic mass is 10.1. The van der Waals surface area contributed by atoms with Gasteiger partial charge in [0.05, 0.1) is 17.5 Å². The van der Waals surface area contributed by atoms with Crippen LogP contribution < -0.4 is 0 Å². The molecule has 0 aliphatic rings. The number of ketones is 1. The van der Waals surface area contributed by atoms with Crippen molar-refractivity contribution in [3.8, 4) is 0 Å². The van der Waals surface area contributed by atoms with Crippen molar-refractivity contribution in [3.63, 3.8) is 0 Å². The lowest BCUT2D eigenvalue weighted by Gasteiger charge is -2.06. The molecule has 3 nitrogen and oxygen atoms in total. The first-order valence-electron chi connectivity index (χ1n) is 7.23. The third-order valence-corrected chi connectivity index (χ3v) is 3.71. The standard InChI is InChI=1S/C18H18N2O/c1-3-20-16-10-5-4-9-15(16)19-18(20)12-17(21)14-8-6-7-13(2)11-14/h4-11H,3,12H2,1-2H3. The van der Waals surface area contributed by atoms with E-state index in [0.29, 0.717) is 6.42 Å². The first-order chi connectivity index (χ1) is 10.2. The number of rotatable bonds is 4. The van der Waals surface area contributed by atoms with Crippen LogP contribution in [0.1, 0.15) is 28.7 Å². The van der Waals surface area contributed by atoms with E-state index in [2.05, 4.69) is 16.5 Å². The molecule has 1 aromatic heterocycles. The van der Waals surface area contributed by atoms with E-state index < -0.39 is 0 Å². The van der Waals surface area contributed by atoms with Crippen LogP contribution in [0, 0.1) is 6.92 Å². The smallest absolute Gasteiger partial charge is 0.170 e. The van der Waals surface area contributed by atoms with E-state index in [1.807, 2.05) is 55.5 Å². The number of imidazole rings is 1. The van der Waals surface area contributed by atoms with Crippen LogP contribution in [0.3, 0.4) is 0 Å². The van der Waals surface area contributed by atoms with Crippen molar-refractivity contribution in [3.05, 3.63) is 65.5 Å². The van der Waals surface area contributed by atoms with Gasteiger partial charge in [-0.2, -0.15) is 0 Å². The van der Waals surface area contributed by atoms with Crippen molar-refractivity contribution in [2.75, 3.05) is 0 Å². The van der Waals surface area contributed by atoms with Crippen molar-refractivity contribution < 1.29 is 4.79 Å². The molecule has 3 rings (SSSR count). The number of aromatic nitrogens is 2. The number of carbonyl (C=O) groups is 1. The van der Waals surface area contributed by atoms with Gasteiger partial charge in [-0.25, -0.2) is 4.98 Å². The van der Waals surface area contributed by atoms with Crippen molar-refractivity contribution >= 4 is 16.8 Å². The highest BCUT2D eigenvalue weighted by Crippen LogP contribution is 2.17. The molecule has 0 bridgehead atoms. The van der Waals surface area contributed by atoms with Gasteiger partial charge in [-0.1, -0.05) is 35.9 Å². The van der Waals surface area contributed by atoms with Crippen LogP contribution >= 0.6 is 0 Å². The molecule has 0 radical (unpaired) electrons. The number of nitrogens with zero attached hydrogens (tertiary/aromatic N) is 2. The molecule has 1 heterocycles. The molecule has 3 heteroatoms. The van der Waals surface area contributed by atoms with E-state index in [1.54, 1.807) is 0 Å². The maximum Gasteiger partial charge on any atom is 0.170 e. The highest BCUT2D eigenvalue weighted by atomic mass is 16.1. The highest BCUT2D eigenvalue weighted by Gasteiger charge is 2.14. The van der Waals surface area contributed by atoms with E-state index in [1.165, 1.54) is 0 Å². The number of Topliss-reactive ketones (excluding diaryl/α,β-unsaturated/α-hetero) is 1. The quantitative estimate of drug-likeness (QED) is 0.680. The summed E-state index contributed by atoms with van der Waals surface area (Å²) in [5.74, 6) is 0.953. The van der Waals surface area contributed by atoms with Gasteiger partial charge in [0.2, 0.25) is 0 Å². The Morgan fingerprint density at radius 2 is 1.95 bits per heavy atom. The Morgan fingerprint density at radius 1 is 1.14 bits per heavy atom. The molecule has 0 spiro atoms. The maximum atomic E-state index is 12.5. The highest BCUT2D eigenvalue weighted by molar-refractivity contribution is 5.97. The Kier molecular flexibility index (Phi) is 3.57. The van der Waals surface area contributed by atoms with E-state index >= 15 is 0 Å². The molecule has 0 fully saturated rings. The van der Waals surface area contributed by atoms with E-state index in [4.69, 9.17) is 0 Å². The molecule has 3 aromatic rings. The van der Waals surface area contributed by atoms with Gasteiger partial charge in [0.25, 0.3) is 0 Å². The van der Waals surface area contributed by atoms with Crippen LogP contribution in [0.5, 0.6) is 0 Å². The average Bonchev–Trinajstić information content (AvgIpc) is 2.84. The van der Waals surface area contributed by atoms with Gasteiger partial charge in [0.15, 0.2) is 5.78 Å². The van der Waals surface area contributed by atoms with Gasteiger partial charge < -0.3 is 4.57 Å². The fraction of sp³-hybridized carbons (Fsp3) is 0.222. The number of benzene rings is 2. The molecule has 2 aromatic carbocycles. The van der Waals surface area contributed by atoms with Gasteiger partial charge in [-0.3, -0.25) is 4.79 Å². The van der Waals surface area contributed by atoms with Crippen molar-refractivity contribution in [1.29, 1.82) is 0 Å². The van der Waals surface area contributed by atoms with E-state index in [-0.39, 0.29) is 5.78 Å². The maximum absolute atomic E-state index is 12.5. The number of aryl methyl sites for hydroxylation is 2. The first kappa shape index (κ1) is 13.6. The number of carbonyl (C=O) groups excluding carboxylic acids is 1. The Hall–Kier alpha value is -2.42. The summed E-state index contributed by atoms with van der Waals surface area (Å²) in [6, 6.07) is 15.7. The largest absolute Gasteiger partial charge is 0.328 e. The minimum atomic E-state index is 0.115. The average molecular weight is 278 g/mol. The Morgan fingerprint density at radius 3 is 2.71 bits per heavy atom. The minimum absolute atomic E-state index is 0.115. The predicted molar refractivity (Wildman–Crippen MR) is 84.6 cm³/mol. The summed E-state index contributed by atoms with van der Waals surface area (Å²) in [6.45, 7) is 4.89. The lowest BCUT2D eigenvalue weighted by molar-refractivity contribution is 0.0990. The number of para-hydroxylation sites is 2. The second-order valence-corrected chi connectivity index (χ2v) is 5.23. The van der Waals surface area contributed by atoms with Crippen molar-refractivity contribution in [2.24, 2.45) is 0 Å². The minimum Gasteiger partial charge on any atom is -0.328 e. The van der Waals surface area contributed by atoms with E-state index in [9.17, 15) is 4.79 Å². The molecule has 0 saturated heterocycles. The molecule has 21 heavy (non-hydrogen) atoms. The van der Waals surface area contributed by atoms with Gasteiger partial charge >= 0.3 is 0 Å². The number of hydrogen-bond donors (Lipinski definition) is 0. The SMILES string of the molecule is CCn1c(CC(=O)c2cccc(C)c2)nc2ccccc21. The fourth-order valence-corrected chi connectivity index (χ4v) is 2.68. The molecule has 106 valence electrons. The predicted octanol–water partition coefficient (Wildman–Crippen LogP) is 3.79. The van der Waals surface area contributed by atoms with Crippen molar-refractivity contribution in [2.45, 2.75) is 26.8 Å². The topological polar surface area (TPSA) is 34.9 Å². The number of fused-ring (bicyclic) bond motifs is 1. The summed E-state index contributed by atoms with van der Waals surface area (Å²) in [4.78, 5) is 17.1.